The van der Waals surface area contributed by atoms with Gasteiger partial charge >= 0.3 is 0 Å². The molecular weight excluding hydrogens is 250 g/mol. The van der Waals surface area contributed by atoms with E-state index in [1.807, 2.05) is 31.2 Å². The number of imidazole rings is 1. The highest BCUT2D eigenvalue weighted by atomic mass is 16.1. The third kappa shape index (κ3) is 2.59. The molecule has 1 amide bonds. The van der Waals surface area contributed by atoms with Crippen molar-refractivity contribution in [2.24, 2.45) is 5.92 Å². The smallest absolute Gasteiger partial charge is 0.224 e. The summed E-state index contributed by atoms with van der Waals surface area (Å²) >= 11 is 0. The van der Waals surface area contributed by atoms with Gasteiger partial charge in [0.15, 0.2) is 0 Å². The molecule has 20 heavy (non-hydrogen) atoms. The number of nitrogens with zero attached hydrogens (tertiary/aromatic N) is 1. The normalized spacial score (nSPS) is 19.9. The molecule has 0 radical (unpaired) electrons. The molecule has 104 valence electrons. The summed E-state index contributed by atoms with van der Waals surface area (Å²) in [7, 11) is 0. The van der Waals surface area contributed by atoms with Crippen LogP contribution in [0.3, 0.4) is 0 Å². The highest BCUT2D eigenvalue weighted by Gasteiger charge is 2.21. The number of carbonyl (C=O) groups excluding carboxylic acids is 1. The Morgan fingerprint density at radius 3 is 3.00 bits per heavy atom. The van der Waals surface area contributed by atoms with Gasteiger partial charge in [-0.15, -0.1) is 0 Å². The number of nitrogens with one attached hydrogen (secondary N) is 2. The quantitative estimate of drug-likeness (QED) is 0.841. The van der Waals surface area contributed by atoms with Crippen molar-refractivity contribution in [1.29, 1.82) is 0 Å². The molecule has 1 aromatic heterocycles. The van der Waals surface area contributed by atoms with E-state index in [0.717, 1.165) is 36.1 Å². The fourth-order valence-corrected chi connectivity index (χ4v) is 2.61. The Morgan fingerprint density at radius 1 is 1.40 bits per heavy atom. The van der Waals surface area contributed by atoms with Crippen molar-refractivity contribution in [2.45, 2.75) is 32.2 Å². The lowest BCUT2D eigenvalue weighted by molar-refractivity contribution is -0.125. The lowest BCUT2D eigenvalue weighted by Crippen LogP contribution is -2.33. The van der Waals surface area contributed by atoms with Gasteiger partial charge in [0.2, 0.25) is 5.91 Å². The molecule has 0 bridgehead atoms. The summed E-state index contributed by atoms with van der Waals surface area (Å²) in [5, 5.41) is 3.06. The van der Waals surface area contributed by atoms with Crippen LogP contribution in [0, 0.1) is 5.92 Å². The summed E-state index contributed by atoms with van der Waals surface area (Å²) in [6.07, 6.45) is 7.02. The summed E-state index contributed by atoms with van der Waals surface area (Å²) in [5.41, 5.74) is 1.94. The second-order valence-electron chi connectivity index (χ2n) is 5.35. The minimum absolute atomic E-state index is 0.0965. The molecule has 1 aliphatic carbocycles. The Balaban J connectivity index is 1.70. The number of rotatable bonds is 3. The Bertz CT molecular complexity index is 611. The first-order valence-electron chi connectivity index (χ1n) is 7.14. The fraction of sp³-hybridized carbons (Fsp3) is 0.375. The number of hydrogen-bond acceptors (Lipinski definition) is 2. The van der Waals surface area contributed by atoms with Crippen LogP contribution >= 0.6 is 0 Å². The minimum atomic E-state index is -0.0965. The highest BCUT2D eigenvalue weighted by Crippen LogP contribution is 2.20. The van der Waals surface area contributed by atoms with Gasteiger partial charge < -0.3 is 10.3 Å². The first-order valence-corrected chi connectivity index (χ1v) is 7.14. The topological polar surface area (TPSA) is 57.8 Å². The molecule has 4 heteroatoms. The molecule has 2 aromatic rings. The van der Waals surface area contributed by atoms with Gasteiger partial charge in [-0.05, 0) is 38.3 Å². The predicted molar refractivity (Wildman–Crippen MR) is 79.1 cm³/mol. The lowest BCUT2D eigenvalue weighted by atomic mass is 9.93. The fourth-order valence-electron chi connectivity index (χ4n) is 2.61. The standard InChI is InChI=1S/C16H19N3O/c1-11(17-16(20)12-7-3-2-4-8-12)15-18-13-9-5-6-10-14(13)19-15/h2-3,5-6,9-12H,4,7-8H2,1H3,(H,17,20)(H,18,19)/t11-,12?/m0/s1. The van der Waals surface area contributed by atoms with Crippen LogP contribution in [0.5, 0.6) is 0 Å². The van der Waals surface area contributed by atoms with Crippen molar-refractivity contribution in [3.8, 4) is 0 Å². The molecule has 0 aliphatic heterocycles. The molecule has 1 aromatic carbocycles. The summed E-state index contributed by atoms with van der Waals surface area (Å²) in [4.78, 5) is 20.0. The van der Waals surface area contributed by atoms with E-state index in [-0.39, 0.29) is 17.9 Å². The van der Waals surface area contributed by atoms with Gasteiger partial charge in [-0.3, -0.25) is 4.79 Å². The van der Waals surface area contributed by atoms with Gasteiger partial charge in [0.25, 0.3) is 0 Å². The Kier molecular flexibility index (Phi) is 3.54. The van der Waals surface area contributed by atoms with Crippen LogP contribution in [-0.2, 0) is 4.79 Å². The van der Waals surface area contributed by atoms with Crippen molar-refractivity contribution in [3.05, 3.63) is 42.2 Å². The van der Waals surface area contributed by atoms with E-state index in [1.54, 1.807) is 0 Å². The van der Waals surface area contributed by atoms with E-state index in [9.17, 15) is 4.79 Å². The zero-order chi connectivity index (χ0) is 13.9. The maximum absolute atomic E-state index is 12.2. The number of para-hydroxylation sites is 2. The molecule has 0 saturated carbocycles. The third-order valence-electron chi connectivity index (χ3n) is 3.82. The summed E-state index contributed by atoms with van der Waals surface area (Å²) in [6.45, 7) is 1.97. The summed E-state index contributed by atoms with van der Waals surface area (Å²) < 4.78 is 0. The van der Waals surface area contributed by atoms with Gasteiger partial charge in [-0.1, -0.05) is 24.3 Å². The van der Waals surface area contributed by atoms with Crippen LogP contribution in [0.25, 0.3) is 11.0 Å². The average molecular weight is 269 g/mol. The maximum Gasteiger partial charge on any atom is 0.224 e. The van der Waals surface area contributed by atoms with Crippen LogP contribution in [-0.4, -0.2) is 15.9 Å². The number of H-pyrrole nitrogens is 1. The molecule has 0 saturated heterocycles. The second-order valence-corrected chi connectivity index (χ2v) is 5.35. The number of carbonyl (C=O) groups is 1. The zero-order valence-corrected chi connectivity index (χ0v) is 11.6. The molecule has 2 atom stereocenters. The van der Waals surface area contributed by atoms with Gasteiger partial charge in [0.1, 0.15) is 5.82 Å². The second kappa shape index (κ2) is 5.49. The molecular formula is C16H19N3O. The number of allylic oxidation sites excluding steroid dienone is 2. The largest absolute Gasteiger partial charge is 0.346 e. The van der Waals surface area contributed by atoms with Crippen molar-refractivity contribution < 1.29 is 4.79 Å². The van der Waals surface area contributed by atoms with Gasteiger partial charge in [-0.2, -0.15) is 0 Å². The van der Waals surface area contributed by atoms with E-state index in [0.29, 0.717) is 0 Å². The molecule has 1 heterocycles. The third-order valence-corrected chi connectivity index (χ3v) is 3.82. The molecule has 0 spiro atoms. The molecule has 1 aliphatic rings. The minimum Gasteiger partial charge on any atom is -0.346 e. The van der Waals surface area contributed by atoms with Crippen LogP contribution in [0.2, 0.25) is 0 Å². The molecule has 0 fully saturated rings. The van der Waals surface area contributed by atoms with E-state index < -0.39 is 0 Å². The number of hydrogen-bond donors (Lipinski definition) is 2. The van der Waals surface area contributed by atoms with Gasteiger partial charge in [-0.25, -0.2) is 4.98 Å². The van der Waals surface area contributed by atoms with Gasteiger partial charge in [0, 0.05) is 5.92 Å². The number of aromatic nitrogens is 2. The molecule has 1 unspecified atom stereocenters. The Hall–Kier alpha value is -2.10. The lowest BCUT2D eigenvalue weighted by Gasteiger charge is -2.19. The Morgan fingerprint density at radius 2 is 2.25 bits per heavy atom. The van der Waals surface area contributed by atoms with Crippen LogP contribution in [0.15, 0.2) is 36.4 Å². The number of benzene rings is 1. The highest BCUT2D eigenvalue weighted by molar-refractivity contribution is 5.79. The van der Waals surface area contributed by atoms with E-state index >= 15 is 0 Å². The summed E-state index contributed by atoms with van der Waals surface area (Å²) in [6, 6.07) is 7.80. The van der Waals surface area contributed by atoms with E-state index in [1.165, 1.54) is 0 Å². The number of fused-ring (bicyclic) bond motifs is 1. The SMILES string of the molecule is C[C@H](NC(=O)C1CC=CCC1)c1nc2ccccc2[nH]1. The first-order chi connectivity index (χ1) is 9.74. The average Bonchev–Trinajstić information content (AvgIpc) is 2.92. The Labute approximate surface area is 118 Å². The van der Waals surface area contributed by atoms with Crippen LogP contribution in [0.1, 0.15) is 38.1 Å². The summed E-state index contributed by atoms with van der Waals surface area (Å²) in [5.74, 6) is 1.04. The number of amides is 1. The van der Waals surface area contributed by atoms with Crippen LogP contribution in [0.4, 0.5) is 0 Å². The zero-order valence-electron chi connectivity index (χ0n) is 11.6. The first kappa shape index (κ1) is 12.9. The molecule has 2 N–H and O–H groups in total. The monoisotopic (exact) mass is 269 g/mol. The van der Waals surface area contributed by atoms with Crippen molar-refractivity contribution in [2.75, 3.05) is 0 Å². The predicted octanol–water partition coefficient (Wildman–Crippen LogP) is 3.10. The van der Waals surface area contributed by atoms with Crippen molar-refractivity contribution >= 4 is 16.9 Å². The van der Waals surface area contributed by atoms with Crippen molar-refractivity contribution in [3.63, 3.8) is 0 Å². The molecule has 3 rings (SSSR count). The van der Waals surface area contributed by atoms with Gasteiger partial charge in [0.05, 0.1) is 17.1 Å². The van der Waals surface area contributed by atoms with E-state index in [4.69, 9.17) is 0 Å². The van der Waals surface area contributed by atoms with Crippen LogP contribution < -0.4 is 5.32 Å². The van der Waals surface area contributed by atoms with E-state index in [2.05, 4.69) is 27.4 Å². The molecule has 4 nitrogen and oxygen atoms in total. The van der Waals surface area contributed by atoms with Crippen molar-refractivity contribution in [1.82, 2.24) is 15.3 Å². The number of aromatic amines is 1. The maximum atomic E-state index is 12.2.